The van der Waals surface area contributed by atoms with Gasteiger partial charge in [-0.1, -0.05) is 12.8 Å². The molecular weight excluding hydrogens is 286 g/mol. The molecule has 1 fully saturated rings. The van der Waals surface area contributed by atoms with Gasteiger partial charge in [0.25, 0.3) is 5.91 Å². The molecular formula is C12H16BrNOS. The van der Waals surface area contributed by atoms with Crippen LogP contribution in [0.3, 0.4) is 0 Å². The molecule has 0 radical (unpaired) electrons. The maximum atomic E-state index is 11.8. The molecule has 1 aromatic heterocycles. The highest BCUT2D eigenvalue weighted by Gasteiger charge is 2.17. The summed E-state index contributed by atoms with van der Waals surface area (Å²) in [7, 11) is 0. The van der Waals surface area contributed by atoms with E-state index in [1.165, 1.54) is 37.0 Å². The molecule has 0 bridgehead atoms. The van der Waals surface area contributed by atoms with E-state index < -0.39 is 0 Å². The molecule has 1 amide bonds. The highest BCUT2D eigenvalue weighted by Crippen LogP contribution is 2.27. The first-order valence-electron chi connectivity index (χ1n) is 5.71. The van der Waals surface area contributed by atoms with E-state index in [0.717, 1.165) is 20.8 Å². The Balaban J connectivity index is 1.87. The molecule has 4 heteroatoms. The minimum Gasteiger partial charge on any atom is -0.351 e. The summed E-state index contributed by atoms with van der Waals surface area (Å²) in [6.45, 7) is 2.85. The summed E-state index contributed by atoms with van der Waals surface area (Å²) in [6.07, 6.45) is 5.19. The predicted molar refractivity (Wildman–Crippen MR) is 71.0 cm³/mol. The van der Waals surface area contributed by atoms with Gasteiger partial charge in [-0.2, -0.15) is 0 Å². The fourth-order valence-electron chi connectivity index (χ4n) is 2.11. The van der Waals surface area contributed by atoms with Gasteiger partial charge in [0.05, 0.1) is 8.66 Å². The second kappa shape index (κ2) is 5.32. The fraction of sp³-hybridized carbons (Fsp3) is 0.583. The van der Waals surface area contributed by atoms with Gasteiger partial charge >= 0.3 is 0 Å². The van der Waals surface area contributed by atoms with Crippen molar-refractivity contribution in [3.05, 3.63) is 20.3 Å². The third kappa shape index (κ3) is 2.86. The Bertz CT molecular complexity index is 363. The number of rotatable bonds is 3. The molecule has 0 spiro atoms. The maximum absolute atomic E-state index is 11.8. The second-order valence-corrected chi connectivity index (χ2v) is 6.80. The van der Waals surface area contributed by atoms with Crippen LogP contribution in [0.25, 0.3) is 0 Å². The van der Waals surface area contributed by atoms with Crippen molar-refractivity contribution in [3.63, 3.8) is 0 Å². The lowest BCUT2D eigenvalue weighted by Gasteiger charge is -2.09. The molecule has 88 valence electrons. The molecule has 2 rings (SSSR count). The predicted octanol–water partition coefficient (Wildman–Crippen LogP) is 3.74. The highest BCUT2D eigenvalue weighted by molar-refractivity contribution is 9.11. The van der Waals surface area contributed by atoms with Gasteiger partial charge < -0.3 is 5.32 Å². The van der Waals surface area contributed by atoms with Crippen LogP contribution < -0.4 is 5.32 Å². The third-order valence-corrected chi connectivity index (χ3v) is 5.24. The van der Waals surface area contributed by atoms with Gasteiger partial charge in [-0.3, -0.25) is 4.79 Å². The largest absolute Gasteiger partial charge is 0.351 e. The van der Waals surface area contributed by atoms with Crippen LogP contribution in [0.1, 0.15) is 40.9 Å². The van der Waals surface area contributed by atoms with Gasteiger partial charge in [-0.15, -0.1) is 11.3 Å². The van der Waals surface area contributed by atoms with E-state index >= 15 is 0 Å². The molecule has 0 aliphatic heterocycles. The van der Waals surface area contributed by atoms with Crippen molar-refractivity contribution in [2.75, 3.05) is 6.54 Å². The smallest absolute Gasteiger partial charge is 0.261 e. The molecule has 1 aliphatic rings. The topological polar surface area (TPSA) is 29.1 Å². The van der Waals surface area contributed by atoms with E-state index in [2.05, 4.69) is 21.2 Å². The third-order valence-electron chi connectivity index (χ3n) is 3.11. The molecule has 0 atom stereocenters. The van der Waals surface area contributed by atoms with Crippen LogP contribution in [-0.4, -0.2) is 12.5 Å². The summed E-state index contributed by atoms with van der Waals surface area (Å²) < 4.78 is 1.05. The number of aryl methyl sites for hydroxylation is 1. The van der Waals surface area contributed by atoms with Crippen molar-refractivity contribution in [2.24, 2.45) is 5.92 Å². The summed E-state index contributed by atoms with van der Waals surface area (Å²) in [4.78, 5) is 12.7. The Morgan fingerprint density at radius 3 is 2.81 bits per heavy atom. The number of carbonyl (C=O) groups is 1. The number of thiophene rings is 1. The molecule has 1 aliphatic carbocycles. The first kappa shape index (κ1) is 12.1. The number of hydrogen-bond acceptors (Lipinski definition) is 2. The SMILES string of the molecule is Cc1cc(C(=O)NCC2CCCC2)sc1Br. The Morgan fingerprint density at radius 2 is 2.25 bits per heavy atom. The van der Waals surface area contributed by atoms with Gasteiger partial charge in [-0.25, -0.2) is 0 Å². The van der Waals surface area contributed by atoms with E-state index in [4.69, 9.17) is 0 Å². The molecule has 16 heavy (non-hydrogen) atoms. The summed E-state index contributed by atoms with van der Waals surface area (Å²) >= 11 is 4.95. The van der Waals surface area contributed by atoms with E-state index in [1.54, 1.807) is 0 Å². The minimum absolute atomic E-state index is 0.0747. The molecule has 1 saturated carbocycles. The Hall–Kier alpha value is -0.350. The normalized spacial score (nSPS) is 16.6. The average molecular weight is 302 g/mol. The quantitative estimate of drug-likeness (QED) is 0.905. The Labute approximate surface area is 109 Å². The zero-order valence-electron chi connectivity index (χ0n) is 9.38. The van der Waals surface area contributed by atoms with E-state index in [1.807, 2.05) is 13.0 Å². The van der Waals surface area contributed by atoms with Gasteiger partial charge in [0.1, 0.15) is 0 Å². The second-order valence-electron chi connectivity index (χ2n) is 4.43. The molecule has 0 saturated heterocycles. The molecule has 1 aromatic rings. The summed E-state index contributed by atoms with van der Waals surface area (Å²) in [6, 6.07) is 1.94. The summed E-state index contributed by atoms with van der Waals surface area (Å²) in [5.74, 6) is 0.777. The summed E-state index contributed by atoms with van der Waals surface area (Å²) in [5, 5.41) is 3.03. The van der Waals surface area contributed by atoms with Crippen LogP contribution in [0, 0.1) is 12.8 Å². The van der Waals surface area contributed by atoms with Crippen molar-refractivity contribution in [3.8, 4) is 0 Å². The fourth-order valence-corrected chi connectivity index (χ4v) is 3.56. The van der Waals surface area contributed by atoms with E-state index in [0.29, 0.717) is 5.92 Å². The van der Waals surface area contributed by atoms with Crippen molar-refractivity contribution in [1.29, 1.82) is 0 Å². The molecule has 1 heterocycles. The van der Waals surface area contributed by atoms with E-state index in [9.17, 15) is 4.79 Å². The first-order chi connectivity index (χ1) is 7.66. The van der Waals surface area contributed by atoms with Crippen molar-refractivity contribution in [1.82, 2.24) is 5.32 Å². The Kier molecular flexibility index (Phi) is 4.03. The first-order valence-corrected chi connectivity index (χ1v) is 7.32. The number of nitrogens with one attached hydrogen (secondary N) is 1. The van der Waals surface area contributed by atoms with Crippen molar-refractivity contribution >= 4 is 33.2 Å². The van der Waals surface area contributed by atoms with Crippen LogP contribution >= 0.6 is 27.3 Å². The van der Waals surface area contributed by atoms with Crippen LogP contribution in [0.5, 0.6) is 0 Å². The van der Waals surface area contributed by atoms with Crippen LogP contribution in [0.15, 0.2) is 9.85 Å². The van der Waals surface area contributed by atoms with Crippen LogP contribution in [-0.2, 0) is 0 Å². The Morgan fingerprint density at radius 1 is 1.56 bits per heavy atom. The molecule has 1 N–H and O–H groups in total. The molecule has 0 unspecified atom stereocenters. The standard InChI is InChI=1S/C12H16BrNOS/c1-8-6-10(16-11(8)13)12(15)14-7-9-4-2-3-5-9/h6,9H,2-5,7H2,1H3,(H,14,15). The summed E-state index contributed by atoms with van der Waals surface area (Å²) in [5.41, 5.74) is 1.14. The number of halogens is 1. The van der Waals surface area contributed by atoms with Crippen LogP contribution in [0.4, 0.5) is 0 Å². The van der Waals surface area contributed by atoms with Gasteiger partial charge in [0.2, 0.25) is 0 Å². The maximum Gasteiger partial charge on any atom is 0.261 e. The monoisotopic (exact) mass is 301 g/mol. The zero-order valence-corrected chi connectivity index (χ0v) is 11.8. The van der Waals surface area contributed by atoms with Crippen molar-refractivity contribution < 1.29 is 4.79 Å². The highest BCUT2D eigenvalue weighted by atomic mass is 79.9. The zero-order chi connectivity index (χ0) is 11.5. The van der Waals surface area contributed by atoms with Crippen molar-refractivity contribution in [2.45, 2.75) is 32.6 Å². The lowest BCUT2D eigenvalue weighted by Crippen LogP contribution is -2.27. The number of carbonyl (C=O) groups excluding carboxylic acids is 1. The molecule has 2 nitrogen and oxygen atoms in total. The minimum atomic E-state index is 0.0747. The van der Waals surface area contributed by atoms with Gasteiger partial charge in [0.15, 0.2) is 0 Å². The van der Waals surface area contributed by atoms with Gasteiger partial charge in [0, 0.05) is 6.54 Å². The lowest BCUT2D eigenvalue weighted by molar-refractivity contribution is 0.0951. The average Bonchev–Trinajstić information content (AvgIpc) is 2.86. The van der Waals surface area contributed by atoms with Gasteiger partial charge in [-0.05, 0) is 53.2 Å². The lowest BCUT2D eigenvalue weighted by atomic mass is 10.1. The number of hydrogen-bond donors (Lipinski definition) is 1. The van der Waals surface area contributed by atoms with E-state index in [-0.39, 0.29) is 5.91 Å². The number of amides is 1. The molecule has 0 aromatic carbocycles. The van der Waals surface area contributed by atoms with Crippen LogP contribution in [0.2, 0.25) is 0 Å².